The number of aliphatic hydroxyl groups excluding tert-OH is 1. The molecule has 1 nitrogen and oxygen atoms in total. The Hall–Kier alpha value is -0.190. The lowest BCUT2D eigenvalue weighted by atomic mass is 10.3. The number of aliphatic hydroxyl groups is 1. The molecule has 0 aliphatic carbocycles. The minimum absolute atomic E-state index is 0.148. The molecule has 0 bridgehead atoms. The van der Waals surface area contributed by atoms with Crippen LogP contribution in [0, 0.1) is 5.82 Å². The van der Waals surface area contributed by atoms with Crippen molar-refractivity contribution in [3.05, 3.63) is 30.1 Å². The predicted octanol–water partition coefficient (Wildman–Crippen LogP) is 2.64. The molecule has 1 aromatic rings. The molecule has 0 aromatic heterocycles. The fourth-order valence-electron chi connectivity index (χ4n) is 0.939. The van der Waals surface area contributed by atoms with Gasteiger partial charge in [-0.1, -0.05) is 12.1 Å². The van der Waals surface area contributed by atoms with Gasteiger partial charge in [0.05, 0.1) is 6.61 Å². The monoisotopic (exact) mass is 232 g/mol. The second kappa shape index (κ2) is 7.15. The molecule has 0 saturated carbocycles. The van der Waals surface area contributed by atoms with Crippen molar-refractivity contribution in [1.29, 1.82) is 0 Å². The highest BCUT2D eigenvalue weighted by Crippen LogP contribution is 2.21. The van der Waals surface area contributed by atoms with Crippen LogP contribution in [-0.4, -0.2) is 29.0 Å². The van der Waals surface area contributed by atoms with E-state index in [0.717, 1.165) is 17.3 Å². The quantitative estimate of drug-likeness (QED) is 0.601. The van der Waals surface area contributed by atoms with Crippen LogP contribution in [-0.2, 0) is 0 Å². The highest BCUT2D eigenvalue weighted by atomic mass is 32.2. The number of thioether (sulfide) groups is 2. The normalized spacial score (nSPS) is 10.4. The van der Waals surface area contributed by atoms with E-state index < -0.39 is 0 Å². The molecular weight excluding hydrogens is 219 g/mol. The number of hydrogen-bond donors (Lipinski definition) is 1. The zero-order chi connectivity index (χ0) is 10.2. The van der Waals surface area contributed by atoms with Crippen LogP contribution in [0.4, 0.5) is 4.39 Å². The predicted molar refractivity (Wildman–Crippen MR) is 61.5 cm³/mol. The Morgan fingerprint density at radius 3 is 2.64 bits per heavy atom. The maximum Gasteiger partial charge on any atom is 0.136 e. The lowest BCUT2D eigenvalue weighted by molar-refractivity contribution is 0.322. The molecule has 0 unspecified atom stereocenters. The van der Waals surface area contributed by atoms with Crippen molar-refractivity contribution in [3.63, 3.8) is 0 Å². The largest absolute Gasteiger partial charge is 0.396 e. The Balaban J connectivity index is 2.21. The lowest BCUT2D eigenvalue weighted by Gasteiger charge is -2.02. The van der Waals surface area contributed by atoms with E-state index in [1.807, 2.05) is 6.07 Å². The molecule has 0 heterocycles. The minimum atomic E-state index is -0.148. The van der Waals surface area contributed by atoms with Gasteiger partial charge in [-0.2, -0.15) is 11.8 Å². The van der Waals surface area contributed by atoms with Crippen molar-refractivity contribution in [2.24, 2.45) is 0 Å². The Bertz CT molecular complexity index is 268. The van der Waals surface area contributed by atoms with Crippen molar-refractivity contribution in [2.45, 2.75) is 4.90 Å². The molecule has 0 radical (unpaired) electrons. The molecule has 0 spiro atoms. The summed E-state index contributed by atoms with van der Waals surface area (Å²) in [4.78, 5) is 0.706. The number of rotatable bonds is 6. The van der Waals surface area contributed by atoms with E-state index in [1.54, 1.807) is 23.9 Å². The molecule has 1 aromatic carbocycles. The second-order valence-corrected chi connectivity index (χ2v) is 4.98. The average Bonchev–Trinajstić information content (AvgIpc) is 2.20. The topological polar surface area (TPSA) is 20.2 Å². The third kappa shape index (κ3) is 4.35. The molecule has 0 aliphatic heterocycles. The lowest BCUT2D eigenvalue weighted by Crippen LogP contribution is -1.91. The Morgan fingerprint density at radius 2 is 1.93 bits per heavy atom. The third-order valence-corrected chi connectivity index (χ3v) is 3.83. The molecule has 4 heteroatoms. The molecule has 1 rings (SSSR count). The summed E-state index contributed by atoms with van der Waals surface area (Å²) in [5.41, 5.74) is 0. The summed E-state index contributed by atoms with van der Waals surface area (Å²) in [6, 6.07) is 6.80. The van der Waals surface area contributed by atoms with Crippen molar-refractivity contribution in [2.75, 3.05) is 23.9 Å². The van der Waals surface area contributed by atoms with E-state index in [9.17, 15) is 4.39 Å². The van der Waals surface area contributed by atoms with E-state index in [0.29, 0.717) is 4.90 Å². The van der Waals surface area contributed by atoms with Crippen molar-refractivity contribution < 1.29 is 9.50 Å². The van der Waals surface area contributed by atoms with Crippen LogP contribution in [0.15, 0.2) is 29.2 Å². The summed E-state index contributed by atoms with van der Waals surface area (Å²) in [5.74, 6) is 2.44. The maximum atomic E-state index is 13.1. The average molecular weight is 232 g/mol. The SMILES string of the molecule is OCCSCCSc1ccccc1F. The molecule has 0 aliphatic rings. The fourth-order valence-corrected chi connectivity index (χ4v) is 2.68. The first-order valence-electron chi connectivity index (χ1n) is 4.40. The van der Waals surface area contributed by atoms with Gasteiger partial charge < -0.3 is 5.11 Å². The smallest absolute Gasteiger partial charge is 0.136 e. The van der Waals surface area contributed by atoms with Gasteiger partial charge in [-0.25, -0.2) is 4.39 Å². The van der Waals surface area contributed by atoms with Gasteiger partial charge >= 0.3 is 0 Å². The molecule has 0 atom stereocenters. The molecule has 78 valence electrons. The maximum absolute atomic E-state index is 13.1. The van der Waals surface area contributed by atoms with Crippen LogP contribution in [0.25, 0.3) is 0 Å². The molecule has 0 fully saturated rings. The van der Waals surface area contributed by atoms with Crippen LogP contribution < -0.4 is 0 Å². The first kappa shape index (κ1) is 11.9. The van der Waals surface area contributed by atoms with Crippen LogP contribution in [0.2, 0.25) is 0 Å². The van der Waals surface area contributed by atoms with E-state index in [-0.39, 0.29) is 12.4 Å². The summed E-state index contributed by atoms with van der Waals surface area (Å²) in [6.45, 7) is 0.217. The molecule has 14 heavy (non-hydrogen) atoms. The first-order chi connectivity index (χ1) is 6.84. The van der Waals surface area contributed by atoms with Gasteiger partial charge in [-0.05, 0) is 12.1 Å². The molecule has 0 saturated heterocycles. The fraction of sp³-hybridized carbons (Fsp3) is 0.400. The van der Waals surface area contributed by atoms with Crippen molar-refractivity contribution >= 4 is 23.5 Å². The van der Waals surface area contributed by atoms with E-state index in [1.165, 1.54) is 17.8 Å². The first-order valence-corrected chi connectivity index (χ1v) is 6.54. The third-order valence-electron chi connectivity index (χ3n) is 1.56. The van der Waals surface area contributed by atoms with Crippen LogP contribution in [0.1, 0.15) is 0 Å². The van der Waals surface area contributed by atoms with E-state index >= 15 is 0 Å². The van der Waals surface area contributed by atoms with E-state index in [2.05, 4.69) is 0 Å². The highest BCUT2D eigenvalue weighted by molar-refractivity contribution is 8.02. The van der Waals surface area contributed by atoms with Crippen LogP contribution in [0.5, 0.6) is 0 Å². The zero-order valence-corrected chi connectivity index (χ0v) is 9.41. The number of benzene rings is 1. The standard InChI is InChI=1S/C10H13FOS2/c11-9-3-1-2-4-10(9)14-8-7-13-6-5-12/h1-4,12H,5-8H2. The van der Waals surface area contributed by atoms with Crippen molar-refractivity contribution in [1.82, 2.24) is 0 Å². The van der Waals surface area contributed by atoms with Crippen LogP contribution in [0.3, 0.4) is 0 Å². The van der Waals surface area contributed by atoms with Gasteiger partial charge in [-0.15, -0.1) is 11.8 Å². The number of halogens is 1. The summed E-state index contributed by atoms with van der Waals surface area (Å²) < 4.78 is 13.1. The van der Waals surface area contributed by atoms with Crippen molar-refractivity contribution in [3.8, 4) is 0 Å². The summed E-state index contributed by atoms with van der Waals surface area (Å²) in [5, 5.41) is 8.54. The van der Waals surface area contributed by atoms with Gasteiger partial charge in [-0.3, -0.25) is 0 Å². The Kier molecular flexibility index (Phi) is 6.07. The summed E-state index contributed by atoms with van der Waals surface area (Å²) in [7, 11) is 0. The Morgan fingerprint density at radius 1 is 1.14 bits per heavy atom. The molecule has 1 N–H and O–H groups in total. The highest BCUT2D eigenvalue weighted by Gasteiger charge is 2.00. The van der Waals surface area contributed by atoms with Gasteiger partial charge in [0.15, 0.2) is 0 Å². The summed E-state index contributed by atoms with van der Waals surface area (Å²) in [6.07, 6.45) is 0. The van der Waals surface area contributed by atoms with Crippen LogP contribution >= 0.6 is 23.5 Å². The number of hydrogen-bond acceptors (Lipinski definition) is 3. The van der Waals surface area contributed by atoms with Gasteiger partial charge in [0.2, 0.25) is 0 Å². The molecule has 0 amide bonds. The van der Waals surface area contributed by atoms with Gasteiger partial charge in [0, 0.05) is 22.2 Å². The van der Waals surface area contributed by atoms with E-state index in [4.69, 9.17) is 5.11 Å². The molecular formula is C10H13FOS2. The zero-order valence-electron chi connectivity index (χ0n) is 7.78. The minimum Gasteiger partial charge on any atom is -0.396 e. The second-order valence-electron chi connectivity index (χ2n) is 2.61. The van der Waals surface area contributed by atoms with Gasteiger partial charge in [0.25, 0.3) is 0 Å². The summed E-state index contributed by atoms with van der Waals surface area (Å²) >= 11 is 3.21. The Labute approximate surface area is 92.1 Å². The van der Waals surface area contributed by atoms with Gasteiger partial charge in [0.1, 0.15) is 5.82 Å².